The van der Waals surface area contributed by atoms with Gasteiger partial charge >= 0.3 is 0 Å². The molecule has 1 rings (SSSR count). The first-order valence-corrected chi connectivity index (χ1v) is 8.23. The minimum Gasteiger partial charge on any atom is -0.0750 e. The summed E-state index contributed by atoms with van der Waals surface area (Å²) in [6.07, 6.45) is 0. The molecule has 0 unspecified atom stereocenters. The third-order valence-corrected chi connectivity index (χ3v) is 10.0. The second-order valence-corrected chi connectivity index (χ2v) is 14.4. The molecule has 1 aliphatic heterocycles. The van der Waals surface area contributed by atoms with E-state index in [-0.39, 0.29) is 0 Å². The van der Waals surface area contributed by atoms with Gasteiger partial charge < -0.3 is 0 Å². The third-order valence-electron chi connectivity index (χ3n) is 0.539. The molecule has 7 heavy (non-hydrogen) atoms. The van der Waals surface area contributed by atoms with Gasteiger partial charge in [0.15, 0.2) is 0 Å². The van der Waals surface area contributed by atoms with Gasteiger partial charge in [-0.2, -0.15) is 0 Å². The monoisotopic (exact) mass is 188 g/mol. The molecule has 0 amide bonds. The van der Waals surface area contributed by atoms with Gasteiger partial charge in [-0.05, 0) is 22.4 Å². The molecule has 0 aliphatic carbocycles. The van der Waals surface area contributed by atoms with Crippen molar-refractivity contribution < 1.29 is 0 Å². The van der Waals surface area contributed by atoms with Crippen LogP contribution in [0.5, 0.6) is 0 Å². The Bertz CT molecular complexity index is 129. The van der Waals surface area contributed by atoms with Crippen LogP contribution < -0.4 is 0 Å². The lowest BCUT2D eigenvalue weighted by Crippen LogP contribution is -1.66. The maximum Gasteiger partial charge on any atom is 0.0150 e. The Morgan fingerprint density at radius 3 is 1.71 bits per heavy atom. The quantitative estimate of drug-likeness (QED) is 0.526. The van der Waals surface area contributed by atoms with Crippen LogP contribution in [0.3, 0.4) is 0 Å². The molecule has 1 heterocycles. The molecule has 0 atom stereocenters. The molecular weight excluding hydrogens is 184 g/mol. The van der Waals surface area contributed by atoms with Crippen molar-refractivity contribution in [3.8, 4) is 0 Å². The molecule has 1 saturated heterocycles. The molecule has 0 bridgehead atoms. The fraction of sp³-hybridized carbons (Fsp3) is 1.00. The minimum absolute atomic E-state index is 1.05. The molecular formula is C2H4S5. The summed E-state index contributed by atoms with van der Waals surface area (Å²) < 4.78 is 0. The van der Waals surface area contributed by atoms with Gasteiger partial charge in [0, 0.05) is 16.7 Å². The summed E-state index contributed by atoms with van der Waals surface area (Å²) in [6, 6.07) is 0. The third kappa shape index (κ3) is 2.05. The van der Waals surface area contributed by atoms with Crippen LogP contribution in [0.25, 0.3) is 0 Å². The lowest BCUT2D eigenvalue weighted by molar-refractivity contribution is 1.59. The van der Waals surface area contributed by atoms with E-state index in [1.165, 1.54) is 11.5 Å². The number of hydrogen-bond donors (Lipinski definition) is 0. The molecule has 0 radical (unpaired) electrons. The van der Waals surface area contributed by atoms with E-state index in [2.05, 4.69) is 0 Å². The Labute approximate surface area is 60.4 Å². The van der Waals surface area contributed by atoms with Crippen molar-refractivity contribution in [2.75, 3.05) is 11.5 Å². The fourth-order valence-electron chi connectivity index (χ4n) is 0.306. The molecule has 0 saturated carbocycles. The van der Waals surface area contributed by atoms with Crippen LogP contribution in [0.1, 0.15) is 0 Å². The van der Waals surface area contributed by atoms with Crippen LogP contribution in [0.15, 0.2) is 0 Å². The lowest BCUT2D eigenvalue weighted by Gasteiger charge is -1.89. The Morgan fingerprint density at radius 1 is 1.14 bits per heavy atom. The highest BCUT2D eigenvalue weighted by molar-refractivity contribution is 9.25. The van der Waals surface area contributed by atoms with Gasteiger partial charge in [0.1, 0.15) is 0 Å². The van der Waals surface area contributed by atoms with E-state index < -0.39 is 5.21 Å². The van der Waals surface area contributed by atoms with Crippen LogP contribution in [0.4, 0.5) is 0 Å². The molecule has 0 aromatic heterocycles. The summed E-state index contributed by atoms with van der Waals surface area (Å²) in [5, 5.41) is -1.05. The molecule has 42 valence electrons. The Kier molecular flexibility index (Phi) is 2.26. The van der Waals surface area contributed by atoms with E-state index in [9.17, 15) is 0 Å². The largest absolute Gasteiger partial charge is 0.0750 e. The standard InChI is InChI=1S/C2H4S5/c3-7(4)5-1-2-6-7/h1-2H2. The Balaban J connectivity index is 2.76. The first-order valence-electron chi connectivity index (χ1n) is 1.74. The summed E-state index contributed by atoms with van der Waals surface area (Å²) in [5.74, 6) is 2.35. The van der Waals surface area contributed by atoms with E-state index in [1.54, 1.807) is 21.6 Å². The average molecular weight is 188 g/mol. The van der Waals surface area contributed by atoms with Gasteiger partial charge in [0.05, 0.1) is 0 Å². The predicted molar refractivity (Wildman–Crippen MR) is 47.0 cm³/mol. The maximum absolute atomic E-state index is 5.03. The van der Waals surface area contributed by atoms with Gasteiger partial charge in [0.2, 0.25) is 0 Å². The molecule has 0 aromatic carbocycles. The maximum atomic E-state index is 5.03. The van der Waals surface area contributed by atoms with Gasteiger partial charge in [-0.3, -0.25) is 0 Å². The SMILES string of the molecule is S=S1(=S)SCCS1. The zero-order valence-electron chi connectivity index (χ0n) is 3.46. The summed E-state index contributed by atoms with van der Waals surface area (Å²) in [6.45, 7) is 0. The number of rotatable bonds is 0. The highest BCUT2D eigenvalue weighted by Crippen LogP contribution is 2.34. The van der Waals surface area contributed by atoms with Crippen LogP contribution >= 0.6 is 21.6 Å². The minimum atomic E-state index is -1.05. The van der Waals surface area contributed by atoms with Crippen molar-refractivity contribution in [2.24, 2.45) is 0 Å². The van der Waals surface area contributed by atoms with Crippen molar-refractivity contribution in [3.63, 3.8) is 0 Å². The molecule has 1 aliphatic rings. The molecule has 0 spiro atoms. The van der Waals surface area contributed by atoms with Crippen molar-refractivity contribution in [2.45, 2.75) is 0 Å². The lowest BCUT2D eigenvalue weighted by atomic mass is 11.0. The zero-order chi connectivity index (χ0) is 5.33. The van der Waals surface area contributed by atoms with Gasteiger partial charge in [-0.1, -0.05) is 21.6 Å². The highest BCUT2D eigenvalue weighted by atomic mass is 33.8. The van der Waals surface area contributed by atoms with Crippen LogP contribution in [-0.4, -0.2) is 11.5 Å². The predicted octanol–water partition coefficient (Wildman–Crippen LogP) is 1.37. The topological polar surface area (TPSA) is 0 Å². The zero-order valence-corrected chi connectivity index (χ0v) is 7.54. The van der Waals surface area contributed by atoms with Crippen LogP contribution in [0.2, 0.25) is 0 Å². The van der Waals surface area contributed by atoms with E-state index in [0.717, 1.165) is 0 Å². The Hall–Kier alpha value is 1.49. The van der Waals surface area contributed by atoms with E-state index in [0.29, 0.717) is 0 Å². The molecule has 1 fully saturated rings. The van der Waals surface area contributed by atoms with E-state index in [1.807, 2.05) is 0 Å². The first-order chi connectivity index (χ1) is 3.21. The van der Waals surface area contributed by atoms with Crippen molar-refractivity contribution in [3.05, 3.63) is 0 Å². The smallest absolute Gasteiger partial charge is 0.0150 e. The first kappa shape index (κ1) is 6.61. The fourth-order valence-corrected chi connectivity index (χ4v) is 8.27. The van der Waals surface area contributed by atoms with Crippen LogP contribution in [-0.2, 0) is 27.6 Å². The van der Waals surface area contributed by atoms with Crippen LogP contribution in [0, 0.1) is 0 Å². The summed E-state index contributed by atoms with van der Waals surface area (Å²) >= 11 is 10.1. The molecule has 0 aromatic rings. The normalized spacial score (nSPS) is 28.0. The van der Waals surface area contributed by atoms with Crippen molar-refractivity contribution >= 4 is 49.2 Å². The second kappa shape index (κ2) is 2.39. The van der Waals surface area contributed by atoms with Crippen molar-refractivity contribution in [1.82, 2.24) is 0 Å². The molecule has 0 N–H and O–H groups in total. The summed E-state index contributed by atoms with van der Waals surface area (Å²) in [4.78, 5) is 0. The van der Waals surface area contributed by atoms with Gasteiger partial charge in [-0.25, -0.2) is 0 Å². The summed E-state index contributed by atoms with van der Waals surface area (Å²) in [5.41, 5.74) is 0. The van der Waals surface area contributed by atoms with E-state index in [4.69, 9.17) is 22.4 Å². The van der Waals surface area contributed by atoms with Gasteiger partial charge in [-0.15, -0.1) is 0 Å². The van der Waals surface area contributed by atoms with Gasteiger partial charge in [0.25, 0.3) is 0 Å². The van der Waals surface area contributed by atoms with E-state index >= 15 is 0 Å². The molecule has 0 nitrogen and oxygen atoms in total. The summed E-state index contributed by atoms with van der Waals surface area (Å²) in [7, 11) is 3.55. The van der Waals surface area contributed by atoms with Crippen molar-refractivity contribution in [1.29, 1.82) is 0 Å². The Morgan fingerprint density at radius 2 is 1.57 bits per heavy atom. The number of hydrogen-bond acceptors (Lipinski definition) is 4. The average Bonchev–Trinajstić information content (AvgIpc) is 1.84. The second-order valence-electron chi connectivity index (χ2n) is 1.05. The highest BCUT2D eigenvalue weighted by Gasteiger charge is 2.10. The molecule has 5 heteroatoms.